The summed E-state index contributed by atoms with van der Waals surface area (Å²) < 4.78 is 19.1. The van der Waals surface area contributed by atoms with E-state index in [1.54, 1.807) is 30.9 Å². The Balaban J connectivity index is 1.61. The number of nitrogens with zero attached hydrogens (tertiary/aromatic N) is 4. The molecule has 132 valence electrons. The van der Waals surface area contributed by atoms with Gasteiger partial charge in [0.2, 0.25) is 5.95 Å². The molecule has 2 aromatic heterocycles. The van der Waals surface area contributed by atoms with Gasteiger partial charge in [0.1, 0.15) is 11.9 Å². The van der Waals surface area contributed by atoms with Crippen molar-refractivity contribution in [2.75, 3.05) is 11.9 Å². The first kappa shape index (κ1) is 16.5. The molecule has 0 amide bonds. The summed E-state index contributed by atoms with van der Waals surface area (Å²) in [6.45, 7) is 1.16. The summed E-state index contributed by atoms with van der Waals surface area (Å²) in [5.74, 6) is 0.218. The third kappa shape index (κ3) is 3.67. The fraction of sp³-hybridized carbons (Fsp3) is 0.263. The number of hydrogen-bond acceptors (Lipinski definition) is 6. The summed E-state index contributed by atoms with van der Waals surface area (Å²) in [7, 11) is 0. The van der Waals surface area contributed by atoms with E-state index in [0.717, 1.165) is 42.0 Å². The summed E-state index contributed by atoms with van der Waals surface area (Å²) in [4.78, 5) is 17.5. The number of halogens is 1. The van der Waals surface area contributed by atoms with Crippen molar-refractivity contribution in [1.29, 1.82) is 0 Å². The normalized spacial score (nSPS) is 16.6. The van der Waals surface area contributed by atoms with E-state index in [4.69, 9.17) is 4.74 Å². The maximum atomic E-state index is 13.3. The zero-order chi connectivity index (χ0) is 17.8. The predicted molar refractivity (Wildman–Crippen MR) is 94.7 cm³/mol. The standard InChI is InChI=1S/C19H18FN5O/c20-14-4-1-3-13(9-14)10-23-19-24-11-15(16-12-21-6-7-22-16)18(25-19)17-5-2-8-26-17/h1,3-4,6-7,9,11-12,17H,2,5,8,10H2,(H,23,24,25)/t17-/m1/s1. The smallest absolute Gasteiger partial charge is 0.223 e. The number of benzene rings is 1. The number of anilines is 1. The van der Waals surface area contributed by atoms with E-state index in [9.17, 15) is 4.39 Å². The Hall–Kier alpha value is -2.93. The molecule has 0 saturated carbocycles. The van der Waals surface area contributed by atoms with Gasteiger partial charge in [-0.1, -0.05) is 12.1 Å². The average molecular weight is 351 g/mol. The van der Waals surface area contributed by atoms with Crippen molar-refractivity contribution >= 4 is 5.95 Å². The summed E-state index contributed by atoms with van der Waals surface area (Å²) in [6, 6.07) is 6.44. The molecule has 4 rings (SSSR count). The Morgan fingerprint density at radius 2 is 2.15 bits per heavy atom. The van der Waals surface area contributed by atoms with Crippen LogP contribution < -0.4 is 5.32 Å². The first-order chi connectivity index (χ1) is 12.8. The summed E-state index contributed by atoms with van der Waals surface area (Å²) >= 11 is 0. The molecule has 1 aromatic carbocycles. The van der Waals surface area contributed by atoms with E-state index in [1.807, 2.05) is 6.07 Å². The third-order valence-corrected chi connectivity index (χ3v) is 4.23. The van der Waals surface area contributed by atoms with Crippen LogP contribution in [-0.2, 0) is 11.3 Å². The lowest BCUT2D eigenvalue weighted by Gasteiger charge is -2.15. The van der Waals surface area contributed by atoms with Crippen molar-refractivity contribution < 1.29 is 9.13 Å². The van der Waals surface area contributed by atoms with Crippen LogP contribution in [-0.4, -0.2) is 26.5 Å². The van der Waals surface area contributed by atoms with Crippen LogP contribution in [0.5, 0.6) is 0 Å². The summed E-state index contributed by atoms with van der Waals surface area (Å²) in [6.07, 6.45) is 8.54. The van der Waals surface area contributed by atoms with E-state index in [2.05, 4.69) is 25.3 Å². The molecule has 6 nitrogen and oxygen atoms in total. The zero-order valence-electron chi connectivity index (χ0n) is 14.1. The van der Waals surface area contributed by atoms with Gasteiger partial charge < -0.3 is 10.1 Å². The zero-order valence-corrected chi connectivity index (χ0v) is 14.1. The van der Waals surface area contributed by atoms with Crippen molar-refractivity contribution in [2.45, 2.75) is 25.5 Å². The molecule has 1 fully saturated rings. The van der Waals surface area contributed by atoms with Crippen molar-refractivity contribution in [3.63, 3.8) is 0 Å². The van der Waals surface area contributed by atoms with Gasteiger partial charge in [-0.15, -0.1) is 0 Å². The average Bonchev–Trinajstić information content (AvgIpc) is 3.22. The molecule has 0 bridgehead atoms. The Labute approximate surface area is 150 Å². The number of aromatic nitrogens is 4. The lowest BCUT2D eigenvalue weighted by atomic mass is 10.1. The van der Waals surface area contributed by atoms with Crippen molar-refractivity contribution in [3.05, 3.63) is 66.1 Å². The lowest BCUT2D eigenvalue weighted by molar-refractivity contribution is 0.109. The molecule has 0 aliphatic carbocycles. The molecule has 7 heteroatoms. The van der Waals surface area contributed by atoms with Crippen LogP contribution in [0.25, 0.3) is 11.3 Å². The minimum atomic E-state index is -0.261. The first-order valence-electron chi connectivity index (χ1n) is 8.53. The maximum Gasteiger partial charge on any atom is 0.223 e. The van der Waals surface area contributed by atoms with Gasteiger partial charge in [-0.2, -0.15) is 0 Å². The second kappa shape index (κ2) is 7.53. The fourth-order valence-electron chi connectivity index (χ4n) is 2.98. The largest absolute Gasteiger partial charge is 0.372 e. The molecule has 1 aliphatic heterocycles. The van der Waals surface area contributed by atoms with Gasteiger partial charge >= 0.3 is 0 Å². The lowest BCUT2D eigenvalue weighted by Crippen LogP contribution is -2.09. The van der Waals surface area contributed by atoms with Gasteiger partial charge in [-0.3, -0.25) is 9.97 Å². The minimum absolute atomic E-state index is 0.0790. The summed E-state index contributed by atoms with van der Waals surface area (Å²) in [5.41, 5.74) is 3.17. The van der Waals surface area contributed by atoms with E-state index in [0.29, 0.717) is 12.5 Å². The SMILES string of the molecule is Fc1cccc(CNc2ncc(-c3cnccn3)c([C@H]3CCCO3)n2)c1. The van der Waals surface area contributed by atoms with Gasteiger partial charge in [0.05, 0.1) is 17.6 Å². The van der Waals surface area contributed by atoms with Crippen LogP contribution in [0.4, 0.5) is 10.3 Å². The van der Waals surface area contributed by atoms with Gasteiger partial charge in [-0.05, 0) is 30.5 Å². The second-order valence-corrected chi connectivity index (χ2v) is 6.07. The highest BCUT2D eigenvalue weighted by Gasteiger charge is 2.24. The van der Waals surface area contributed by atoms with Crippen LogP contribution in [0.2, 0.25) is 0 Å². The Kier molecular flexibility index (Phi) is 4.79. The topological polar surface area (TPSA) is 72.8 Å². The Morgan fingerprint density at radius 1 is 1.19 bits per heavy atom. The van der Waals surface area contributed by atoms with Crippen molar-refractivity contribution in [3.8, 4) is 11.3 Å². The molecular formula is C19H18FN5O. The van der Waals surface area contributed by atoms with Crippen LogP contribution >= 0.6 is 0 Å². The van der Waals surface area contributed by atoms with Crippen molar-refractivity contribution in [2.24, 2.45) is 0 Å². The maximum absolute atomic E-state index is 13.3. The Bertz CT molecular complexity index is 884. The first-order valence-corrected chi connectivity index (χ1v) is 8.53. The second-order valence-electron chi connectivity index (χ2n) is 6.07. The number of rotatable bonds is 5. The Morgan fingerprint density at radius 3 is 2.92 bits per heavy atom. The molecule has 0 radical (unpaired) electrons. The molecule has 1 saturated heterocycles. The van der Waals surface area contributed by atoms with Gasteiger partial charge in [0.25, 0.3) is 0 Å². The molecule has 3 heterocycles. The molecule has 1 atom stereocenters. The molecule has 0 unspecified atom stereocenters. The van der Waals surface area contributed by atoms with Gasteiger partial charge in [0, 0.05) is 37.3 Å². The molecule has 1 aliphatic rings. The van der Waals surface area contributed by atoms with Crippen LogP contribution in [0.3, 0.4) is 0 Å². The van der Waals surface area contributed by atoms with Crippen LogP contribution in [0, 0.1) is 5.82 Å². The van der Waals surface area contributed by atoms with E-state index >= 15 is 0 Å². The van der Waals surface area contributed by atoms with Gasteiger partial charge in [0.15, 0.2) is 0 Å². The third-order valence-electron chi connectivity index (χ3n) is 4.23. The molecule has 3 aromatic rings. The highest BCUT2D eigenvalue weighted by molar-refractivity contribution is 5.61. The molecule has 1 N–H and O–H groups in total. The number of hydrogen-bond donors (Lipinski definition) is 1. The monoisotopic (exact) mass is 351 g/mol. The van der Waals surface area contributed by atoms with E-state index < -0.39 is 0 Å². The van der Waals surface area contributed by atoms with Gasteiger partial charge in [-0.25, -0.2) is 14.4 Å². The quantitative estimate of drug-likeness (QED) is 0.758. The molecule has 0 spiro atoms. The number of ether oxygens (including phenoxy) is 1. The predicted octanol–water partition coefficient (Wildman–Crippen LogP) is 3.54. The van der Waals surface area contributed by atoms with E-state index in [1.165, 1.54) is 12.1 Å². The van der Waals surface area contributed by atoms with Crippen LogP contribution in [0.1, 0.15) is 30.2 Å². The minimum Gasteiger partial charge on any atom is -0.372 e. The highest BCUT2D eigenvalue weighted by atomic mass is 19.1. The number of nitrogens with one attached hydrogen (secondary N) is 1. The fourth-order valence-corrected chi connectivity index (χ4v) is 2.98. The summed E-state index contributed by atoms with van der Waals surface area (Å²) in [5, 5.41) is 3.15. The highest BCUT2D eigenvalue weighted by Crippen LogP contribution is 2.33. The van der Waals surface area contributed by atoms with E-state index in [-0.39, 0.29) is 11.9 Å². The molecule has 26 heavy (non-hydrogen) atoms. The van der Waals surface area contributed by atoms with Crippen molar-refractivity contribution in [1.82, 2.24) is 19.9 Å². The van der Waals surface area contributed by atoms with Crippen LogP contribution in [0.15, 0.2) is 49.1 Å². The molecular weight excluding hydrogens is 333 g/mol.